The third-order valence-electron chi connectivity index (χ3n) is 7.72. The Kier molecular flexibility index (Phi) is 4.92. The molecule has 1 amide bonds. The molecule has 6 rings (SSSR count). The van der Waals surface area contributed by atoms with Crippen LogP contribution in [0.4, 0.5) is 11.4 Å². The number of halogens is 1. The van der Waals surface area contributed by atoms with E-state index in [0.29, 0.717) is 16.6 Å². The van der Waals surface area contributed by atoms with Crippen LogP contribution >= 0.6 is 15.9 Å². The van der Waals surface area contributed by atoms with Gasteiger partial charge >= 0.3 is 0 Å². The summed E-state index contributed by atoms with van der Waals surface area (Å²) in [6.07, 6.45) is 8.21. The summed E-state index contributed by atoms with van der Waals surface area (Å²) in [6, 6.07) is 8.29. The molecule has 0 radical (unpaired) electrons. The number of hydrogen-bond acceptors (Lipinski definition) is 4. The Hall–Kier alpha value is -1.89. The SMILES string of the molecule is CCN(CC)c1ccc(NC(=O)C23C[C@H]4C[C@H](C2)CC(n2cnc(Br)n2)(C4)C3)cc1. The van der Waals surface area contributed by atoms with Crippen LogP contribution in [0.5, 0.6) is 0 Å². The summed E-state index contributed by atoms with van der Waals surface area (Å²) in [7, 11) is 0. The van der Waals surface area contributed by atoms with Gasteiger partial charge in [-0.15, -0.1) is 5.10 Å². The molecule has 0 unspecified atom stereocenters. The Balaban J connectivity index is 1.38. The van der Waals surface area contributed by atoms with Crippen LogP contribution in [0, 0.1) is 17.3 Å². The van der Waals surface area contributed by atoms with Crippen molar-refractivity contribution in [2.45, 2.75) is 57.9 Å². The van der Waals surface area contributed by atoms with E-state index in [1.54, 1.807) is 0 Å². The molecule has 1 heterocycles. The normalized spacial score (nSPS) is 31.7. The van der Waals surface area contributed by atoms with Crippen LogP contribution in [0.2, 0.25) is 0 Å². The highest BCUT2D eigenvalue weighted by Gasteiger charge is 2.61. The van der Waals surface area contributed by atoms with E-state index in [2.05, 4.69) is 66.9 Å². The molecule has 4 saturated carbocycles. The molecule has 0 spiro atoms. The van der Waals surface area contributed by atoms with Gasteiger partial charge in [-0.3, -0.25) is 4.79 Å². The van der Waals surface area contributed by atoms with E-state index in [1.807, 2.05) is 18.5 Å². The molecule has 4 aliphatic rings. The molecule has 0 aliphatic heterocycles. The third-order valence-corrected chi connectivity index (χ3v) is 8.08. The summed E-state index contributed by atoms with van der Waals surface area (Å²) in [5, 5.41) is 7.87. The van der Waals surface area contributed by atoms with Crippen LogP contribution in [-0.4, -0.2) is 33.8 Å². The maximum atomic E-state index is 13.6. The van der Waals surface area contributed by atoms with Crippen molar-refractivity contribution in [1.82, 2.24) is 14.8 Å². The summed E-state index contributed by atoms with van der Waals surface area (Å²) in [5.41, 5.74) is 1.74. The second kappa shape index (κ2) is 7.36. The van der Waals surface area contributed by atoms with E-state index in [9.17, 15) is 4.79 Å². The molecule has 2 aromatic rings. The predicted molar refractivity (Wildman–Crippen MR) is 121 cm³/mol. The van der Waals surface area contributed by atoms with Crippen molar-refractivity contribution in [3.05, 3.63) is 35.3 Å². The summed E-state index contributed by atoms with van der Waals surface area (Å²) < 4.78 is 2.68. The van der Waals surface area contributed by atoms with Crippen molar-refractivity contribution in [3.63, 3.8) is 0 Å². The van der Waals surface area contributed by atoms with E-state index in [-0.39, 0.29) is 16.9 Å². The molecule has 0 saturated heterocycles. The van der Waals surface area contributed by atoms with Gasteiger partial charge in [-0.25, -0.2) is 9.67 Å². The lowest BCUT2D eigenvalue weighted by Crippen LogP contribution is -2.60. The predicted octanol–water partition coefficient (Wildman–Crippen LogP) is 4.82. The summed E-state index contributed by atoms with van der Waals surface area (Å²) in [4.78, 5) is 20.2. The first-order valence-electron chi connectivity index (χ1n) is 11.2. The van der Waals surface area contributed by atoms with Crippen molar-refractivity contribution in [2.24, 2.45) is 17.3 Å². The minimum atomic E-state index is -0.292. The average Bonchev–Trinajstić information content (AvgIpc) is 3.16. The van der Waals surface area contributed by atoms with Crippen molar-refractivity contribution in [3.8, 4) is 0 Å². The van der Waals surface area contributed by atoms with Gasteiger partial charge in [-0.1, -0.05) is 0 Å². The van der Waals surface area contributed by atoms with Crippen LogP contribution < -0.4 is 10.2 Å². The van der Waals surface area contributed by atoms with E-state index in [0.717, 1.165) is 50.9 Å². The fourth-order valence-corrected chi connectivity index (χ4v) is 7.09. The van der Waals surface area contributed by atoms with Crippen LogP contribution in [0.1, 0.15) is 52.4 Å². The number of carbonyl (C=O) groups is 1. The monoisotopic (exact) mass is 471 g/mol. The van der Waals surface area contributed by atoms with Crippen LogP contribution in [-0.2, 0) is 10.3 Å². The van der Waals surface area contributed by atoms with Crippen molar-refractivity contribution >= 4 is 33.2 Å². The average molecular weight is 472 g/mol. The largest absolute Gasteiger partial charge is 0.372 e. The molecule has 160 valence electrons. The van der Waals surface area contributed by atoms with Crippen LogP contribution in [0.15, 0.2) is 35.3 Å². The first-order valence-corrected chi connectivity index (χ1v) is 12.0. The summed E-state index contributed by atoms with van der Waals surface area (Å²) >= 11 is 3.40. The number of nitrogens with one attached hydrogen (secondary N) is 1. The minimum absolute atomic E-state index is 0.0624. The lowest BCUT2D eigenvalue weighted by Gasteiger charge is -2.60. The molecule has 2 atom stereocenters. The highest BCUT2D eigenvalue weighted by atomic mass is 79.9. The highest BCUT2D eigenvalue weighted by Crippen LogP contribution is 2.64. The second-order valence-corrected chi connectivity index (χ2v) is 10.3. The molecule has 6 nitrogen and oxygen atoms in total. The van der Waals surface area contributed by atoms with E-state index >= 15 is 0 Å². The first kappa shape index (κ1) is 20.0. The molecule has 1 aromatic heterocycles. The number of hydrogen-bond donors (Lipinski definition) is 1. The fourth-order valence-electron chi connectivity index (χ4n) is 6.83. The Morgan fingerprint density at radius 2 is 1.83 bits per heavy atom. The molecule has 1 N–H and O–H groups in total. The van der Waals surface area contributed by atoms with E-state index < -0.39 is 0 Å². The Morgan fingerprint density at radius 3 is 2.40 bits per heavy atom. The Morgan fingerprint density at radius 1 is 1.17 bits per heavy atom. The van der Waals surface area contributed by atoms with Gasteiger partial charge in [-0.2, -0.15) is 0 Å². The van der Waals surface area contributed by atoms with Crippen molar-refractivity contribution in [2.75, 3.05) is 23.3 Å². The van der Waals surface area contributed by atoms with Crippen molar-refractivity contribution in [1.29, 1.82) is 0 Å². The fraction of sp³-hybridized carbons (Fsp3) is 0.609. The van der Waals surface area contributed by atoms with Crippen LogP contribution in [0.3, 0.4) is 0 Å². The van der Waals surface area contributed by atoms with Gasteiger partial charge in [-0.05, 0) is 104 Å². The second-order valence-electron chi connectivity index (χ2n) is 9.60. The van der Waals surface area contributed by atoms with Gasteiger partial charge < -0.3 is 10.2 Å². The number of aromatic nitrogens is 3. The zero-order chi connectivity index (χ0) is 20.9. The number of nitrogens with zero attached hydrogens (tertiary/aromatic N) is 4. The number of amides is 1. The van der Waals surface area contributed by atoms with Gasteiger partial charge in [0.1, 0.15) is 6.33 Å². The van der Waals surface area contributed by atoms with Gasteiger partial charge in [0.05, 0.1) is 11.0 Å². The molecular formula is C23H30BrN5O. The standard InChI is InChI=1S/C23H30BrN5O/c1-3-28(4-2)19-7-5-18(6-8-19)26-20(30)22-10-16-9-17(11-22)13-23(12-16,14-22)29-15-25-21(24)27-29/h5-8,15-17H,3-4,9-14H2,1-2H3,(H,26,30)/t16-,17-,22?,23?/m1/s1. The maximum Gasteiger partial charge on any atom is 0.230 e. The zero-order valence-corrected chi connectivity index (χ0v) is 19.4. The quantitative estimate of drug-likeness (QED) is 0.655. The molecule has 4 aliphatic carbocycles. The summed E-state index contributed by atoms with van der Waals surface area (Å²) in [6.45, 7) is 6.29. The van der Waals surface area contributed by atoms with Gasteiger partial charge in [0, 0.05) is 24.5 Å². The van der Waals surface area contributed by atoms with Crippen LogP contribution in [0.25, 0.3) is 0 Å². The van der Waals surface area contributed by atoms with Gasteiger partial charge in [0.2, 0.25) is 10.6 Å². The number of carbonyl (C=O) groups excluding carboxylic acids is 1. The molecule has 30 heavy (non-hydrogen) atoms. The van der Waals surface area contributed by atoms with Crippen molar-refractivity contribution < 1.29 is 4.79 Å². The number of benzene rings is 1. The molecule has 4 bridgehead atoms. The lowest BCUT2D eigenvalue weighted by molar-refractivity contribution is -0.150. The zero-order valence-electron chi connectivity index (χ0n) is 17.8. The lowest BCUT2D eigenvalue weighted by atomic mass is 9.46. The van der Waals surface area contributed by atoms with Gasteiger partial charge in [0.25, 0.3) is 0 Å². The maximum absolute atomic E-state index is 13.6. The smallest absolute Gasteiger partial charge is 0.230 e. The summed E-state index contributed by atoms with van der Waals surface area (Å²) in [5.74, 6) is 1.39. The Labute approximate surface area is 186 Å². The number of anilines is 2. The minimum Gasteiger partial charge on any atom is -0.372 e. The van der Waals surface area contributed by atoms with E-state index in [4.69, 9.17) is 0 Å². The number of rotatable bonds is 6. The van der Waals surface area contributed by atoms with E-state index in [1.165, 1.54) is 12.1 Å². The van der Waals surface area contributed by atoms with Gasteiger partial charge in [0.15, 0.2) is 0 Å². The molecule has 1 aromatic carbocycles. The molecule has 4 fully saturated rings. The third kappa shape index (κ3) is 3.26. The topological polar surface area (TPSA) is 63.1 Å². The first-order chi connectivity index (χ1) is 14.4. The Bertz CT molecular complexity index is 921. The highest BCUT2D eigenvalue weighted by molar-refractivity contribution is 9.10. The molecular weight excluding hydrogens is 442 g/mol. The molecule has 7 heteroatoms.